The van der Waals surface area contributed by atoms with E-state index in [4.69, 9.17) is 0 Å². The predicted octanol–water partition coefficient (Wildman–Crippen LogP) is 0.481. The number of nitrogens with one attached hydrogen (secondary N) is 1. The molecule has 0 unspecified atom stereocenters. The van der Waals surface area contributed by atoms with Crippen molar-refractivity contribution in [2.24, 2.45) is 7.05 Å². The summed E-state index contributed by atoms with van der Waals surface area (Å²) in [5, 5.41) is 0. The average molecular weight is 225 g/mol. The molecule has 5 nitrogen and oxygen atoms in total. The van der Waals surface area contributed by atoms with Crippen LogP contribution in [-0.4, -0.2) is 25.0 Å². The van der Waals surface area contributed by atoms with Crippen LogP contribution in [0.1, 0.15) is 0 Å². The van der Waals surface area contributed by atoms with Crippen molar-refractivity contribution in [3.63, 3.8) is 0 Å². The van der Waals surface area contributed by atoms with E-state index in [1.165, 1.54) is 7.05 Å². The van der Waals surface area contributed by atoms with Crippen LogP contribution in [0, 0.1) is 0 Å². The predicted molar refractivity (Wildman–Crippen MR) is 57.0 cm³/mol. The lowest BCUT2D eigenvalue weighted by Crippen LogP contribution is -2.18. The van der Waals surface area contributed by atoms with Gasteiger partial charge in [-0.2, -0.15) is 0 Å². The fraction of sp³-hybridized carbons (Fsp3) is 0.222. The Balaban J connectivity index is 2.84. The summed E-state index contributed by atoms with van der Waals surface area (Å²) >= 11 is 0. The van der Waals surface area contributed by atoms with Gasteiger partial charge in [0.1, 0.15) is 10.4 Å². The third kappa shape index (κ3) is 1.51. The van der Waals surface area contributed by atoms with E-state index >= 15 is 0 Å². The number of aromatic nitrogens is 2. The smallest absolute Gasteiger partial charge is 0.244 e. The van der Waals surface area contributed by atoms with Gasteiger partial charge in [-0.1, -0.05) is 0 Å². The van der Waals surface area contributed by atoms with Crippen molar-refractivity contribution >= 4 is 21.1 Å². The van der Waals surface area contributed by atoms with Crippen LogP contribution in [0.25, 0.3) is 11.0 Å². The van der Waals surface area contributed by atoms with Crippen molar-refractivity contribution in [3.8, 4) is 0 Å². The van der Waals surface area contributed by atoms with Gasteiger partial charge < -0.3 is 4.57 Å². The van der Waals surface area contributed by atoms with Crippen LogP contribution in [0.3, 0.4) is 0 Å². The van der Waals surface area contributed by atoms with Gasteiger partial charge in [0.25, 0.3) is 0 Å². The second kappa shape index (κ2) is 3.32. The summed E-state index contributed by atoms with van der Waals surface area (Å²) in [6.07, 6.45) is 3.14. The van der Waals surface area contributed by atoms with Gasteiger partial charge in [0.2, 0.25) is 10.0 Å². The highest BCUT2D eigenvalue weighted by atomic mass is 32.2. The first-order valence-corrected chi connectivity index (χ1v) is 5.88. The molecular formula is C9H11N3O2S. The molecule has 0 aliphatic rings. The Morgan fingerprint density at radius 3 is 2.87 bits per heavy atom. The van der Waals surface area contributed by atoms with E-state index < -0.39 is 10.0 Å². The van der Waals surface area contributed by atoms with Crippen LogP contribution >= 0.6 is 0 Å². The zero-order valence-corrected chi connectivity index (χ0v) is 9.25. The molecule has 6 heteroatoms. The lowest BCUT2D eigenvalue weighted by molar-refractivity contribution is 0.588. The first kappa shape index (κ1) is 10.1. The van der Waals surface area contributed by atoms with Gasteiger partial charge in [0.15, 0.2) is 0 Å². The monoisotopic (exact) mass is 225 g/mol. The summed E-state index contributed by atoms with van der Waals surface area (Å²) in [4.78, 5) is 4.29. The molecule has 0 bridgehead atoms. The number of nitrogens with zero attached hydrogens (tertiary/aromatic N) is 2. The molecule has 2 aromatic rings. The highest BCUT2D eigenvalue weighted by Crippen LogP contribution is 2.21. The maximum atomic E-state index is 11.7. The van der Waals surface area contributed by atoms with E-state index in [-0.39, 0.29) is 4.90 Å². The Bertz CT molecular complexity index is 601. The first-order chi connectivity index (χ1) is 7.06. The van der Waals surface area contributed by atoms with Crippen molar-refractivity contribution < 1.29 is 8.42 Å². The minimum atomic E-state index is -3.44. The standard InChI is InChI=1S/C9H11N3O2S/c1-10-15(13,14)8-6-12(2)7-4-3-5-11-9(7)8/h3-6,10H,1-2H3. The van der Waals surface area contributed by atoms with Gasteiger partial charge in [-0.25, -0.2) is 13.1 Å². The Kier molecular flexibility index (Phi) is 2.24. The van der Waals surface area contributed by atoms with Gasteiger partial charge in [-0.15, -0.1) is 0 Å². The van der Waals surface area contributed by atoms with Crippen molar-refractivity contribution in [2.75, 3.05) is 7.05 Å². The van der Waals surface area contributed by atoms with Crippen molar-refractivity contribution in [3.05, 3.63) is 24.5 Å². The lowest BCUT2D eigenvalue weighted by atomic mass is 10.4. The molecule has 0 aliphatic heterocycles. The first-order valence-electron chi connectivity index (χ1n) is 4.40. The molecule has 0 aliphatic carbocycles. The van der Waals surface area contributed by atoms with Crippen LogP contribution in [0.5, 0.6) is 0 Å². The molecule has 15 heavy (non-hydrogen) atoms. The molecule has 0 saturated heterocycles. The zero-order chi connectivity index (χ0) is 11.1. The van der Waals surface area contributed by atoms with Crippen LogP contribution in [-0.2, 0) is 17.1 Å². The summed E-state index contributed by atoms with van der Waals surface area (Å²) in [7, 11) is -0.261. The van der Waals surface area contributed by atoms with E-state index in [2.05, 4.69) is 9.71 Å². The molecule has 0 atom stereocenters. The fourth-order valence-corrected chi connectivity index (χ4v) is 2.41. The molecule has 0 aromatic carbocycles. The topological polar surface area (TPSA) is 64.0 Å². The normalized spacial score (nSPS) is 12.1. The maximum Gasteiger partial charge on any atom is 0.244 e. The third-order valence-corrected chi connectivity index (χ3v) is 3.68. The average Bonchev–Trinajstić information content (AvgIpc) is 2.58. The molecule has 1 N–H and O–H groups in total. The summed E-state index contributed by atoms with van der Waals surface area (Å²) in [6, 6.07) is 3.61. The number of sulfonamides is 1. The van der Waals surface area contributed by atoms with E-state index in [0.717, 1.165) is 5.52 Å². The van der Waals surface area contributed by atoms with Gasteiger partial charge in [0, 0.05) is 19.4 Å². The Morgan fingerprint density at radius 1 is 1.47 bits per heavy atom. The van der Waals surface area contributed by atoms with Crippen molar-refractivity contribution in [1.82, 2.24) is 14.3 Å². The van der Waals surface area contributed by atoms with Crippen LogP contribution in [0.15, 0.2) is 29.4 Å². The summed E-state index contributed by atoms with van der Waals surface area (Å²) in [5.41, 5.74) is 1.29. The van der Waals surface area contributed by atoms with Gasteiger partial charge >= 0.3 is 0 Å². The number of fused-ring (bicyclic) bond motifs is 1. The number of hydrogen-bond acceptors (Lipinski definition) is 3. The van der Waals surface area contributed by atoms with Gasteiger partial charge in [-0.05, 0) is 19.2 Å². The molecule has 0 fully saturated rings. The minimum Gasteiger partial charge on any atom is -0.348 e. The molecule has 2 heterocycles. The minimum absolute atomic E-state index is 0.211. The Labute approximate surface area is 87.8 Å². The third-order valence-electron chi connectivity index (χ3n) is 2.27. The van der Waals surface area contributed by atoms with Gasteiger partial charge in [-0.3, -0.25) is 4.98 Å². The molecule has 0 radical (unpaired) electrons. The van der Waals surface area contributed by atoms with E-state index in [1.807, 2.05) is 6.07 Å². The second-order valence-corrected chi connectivity index (χ2v) is 5.04. The highest BCUT2D eigenvalue weighted by Gasteiger charge is 2.18. The highest BCUT2D eigenvalue weighted by molar-refractivity contribution is 7.89. The van der Waals surface area contributed by atoms with E-state index in [9.17, 15) is 8.42 Å². The van der Waals surface area contributed by atoms with Crippen molar-refractivity contribution in [2.45, 2.75) is 4.90 Å². The molecule has 0 saturated carbocycles. The zero-order valence-electron chi connectivity index (χ0n) is 8.43. The molecular weight excluding hydrogens is 214 g/mol. The number of pyridine rings is 1. The number of aryl methyl sites for hydroxylation is 1. The van der Waals surface area contributed by atoms with Crippen LogP contribution < -0.4 is 4.72 Å². The maximum absolute atomic E-state index is 11.7. The van der Waals surface area contributed by atoms with Crippen LogP contribution in [0.4, 0.5) is 0 Å². The molecule has 2 rings (SSSR count). The van der Waals surface area contributed by atoms with Crippen LogP contribution in [0.2, 0.25) is 0 Å². The summed E-state index contributed by atoms with van der Waals surface area (Å²) in [5.74, 6) is 0. The second-order valence-electron chi connectivity index (χ2n) is 3.18. The molecule has 80 valence electrons. The summed E-state index contributed by atoms with van der Waals surface area (Å²) in [6.45, 7) is 0. The molecule has 0 spiro atoms. The Hall–Kier alpha value is -1.40. The summed E-state index contributed by atoms with van der Waals surface area (Å²) < 4.78 is 27.4. The van der Waals surface area contributed by atoms with E-state index in [0.29, 0.717) is 5.52 Å². The molecule has 0 amide bonds. The number of rotatable bonds is 2. The lowest BCUT2D eigenvalue weighted by Gasteiger charge is -1.98. The largest absolute Gasteiger partial charge is 0.348 e. The SMILES string of the molecule is CNS(=O)(=O)c1cn(C)c2cccnc12. The van der Waals surface area contributed by atoms with Gasteiger partial charge in [0.05, 0.1) is 5.52 Å². The van der Waals surface area contributed by atoms with Crippen molar-refractivity contribution in [1.29, 1.82) is 0 Å². The fourth-order valence-electron chi connectivity index (χ4n) is 1.48. The Morgan fingerprint density at radius 2 is 2.20 bits per heavy atom. The quantitative estimate of drug-likeness (QED) is 0.808. The van der Waals surface area contributed by atoms with E-state index in [1.54, 1.807) is 30.1 Å². The molecule has 2 aromatic heterocycles. The number of hydrogen-bond donors (Lipinski definition) is 1.